The average Bonchev–Trinajstić information content (AvgIpc) is 2.89. The second kappa shape index (κ2) is 6.07. The van der Waals surface area contributed by atoms with E-state index in [-0.39, 0.29) is 18.4 Å². The van der Waals surface area contributed by atoms with E-state index in [1.54, 1.807) is 0 Å². The molecule has 0 aromatic heterocycles. The van der Waals surface area contributed by atoms with Gasteiger partial charge in [-0.25, -0.2) is 5.43 Å². The normalized spacial score (nSPS) is 16.6. The maximum atomic E-state index is 12.6. The monoisotopic (exact) mass is 321 g/mol. The van der Waals surface area contributed by atoms with Crippen molar-refractivity contribution >= 4 is 34.0 Å². The fourth-order valence-corrected chi connectivity index (χ4v) is 3.53. The summed E-state index contributed by atoms with van der Waals surface area (Å²) in [5, 5.41) is 6.17. The van der Waals surface area contributed by atoms with E-state index in [1.807, 2.05) is 36.4 Å². The zero-order chi connectivity index (χ0) is 16.5. The van der Waals surface area contributed by atoms with Crippen molar-refractivity contribution in [1.82, 2.24) is 5.43 Å². The van der Waals surface area contributed by atoms with Crippen LogP contribution in [0.4, 0.5) is 5.69 Å². The van der Waals surface area contributed by atoms with Gasteiger partial charge in [-0.05, 0) is 43.2 Å². The Labute approximate surface area is 140 Å². The minimum atomic E-state index is -0.258. The zero-order valence-electron chi connectivity index (χ0n) is 13.4. The summed E-state index contributed by atoms with van der Waals surface area (Å²) in [6.07, 6.45) is 5.41. The smallest absolute Gasteiger partial charge is 0.260 e. The first-order valence-electron chi connectivity index (χ1n) is 8.42. The van der Waals surface area contributed by atoms with E-state index >= 15 is 0 Å². The van der Waals surface area contributed by atoms with Crippen molar-refractivity contribution < 1.29 is 9.59 Å². The maximum absolute atomic E-state index is 12.6. The SMILES string of the molecule is O=C(CN1C(=O)c2cccc3cccc1c23)NN=C1CCCCC1. The van der Waals surface area contributed by atoms with Crippen molar-refractivity contribution in [2.24, 2.45) is 5.10 Å². The number of amides is 2. The number of hydrazone groups is 1. The van der Waals surface area contributed by atoms with Crippen LogP contribution in [0, 0.1) is 0 Å². The summed E-state index contributed by atoms with van der Waals surface area (Å²) in [4.78, 5) is 26.4. The van der Waals surface area contributed by atoms with Gasteiger partial charge < -0.3 is 0 Å². The molecule has 122 valence electrons. The fraction of sp³-hybridized carbons (Fsp3) is 0.316. The average molecular weight is 321 g/mol. The minimum Gasteiger partial charge on any atom is -0.298 e. The highest BCUT2D eigenvalue weighted by molar-refractivity contribution is 6.26. The number of rotatable bonds is 3. The predicted molar refractivity (Wildman–Crippen MR) is 94.3 cm³/mol. The molecule has 0 bridgehead atoms. The third-order valence-corrected chi connectivity index (χ3v) is 4.72. The molecular weight excluding hydrogens is 302 g/mol. The summed E-state index contributed by atoms with van der Waals surface area (Å²) in [6.45, 7) is -0.0105. The summed E-state index contributed by atoms with van der Waals surface area (Å²) in [5.41, 5.74) is 5.12. The van der Waals surface area contributed by atoms with Crippen molar-refractivity contribution in [2.75, 3.05) is 11.4 Å². The lowest BCUT2D eigenvalue weighted by Gasteiger charge is -2.17. The molecular formula is C19H19N3O2. The Morgan fingerprint density at radius 3 is 2.62 bits per heavy atom. The van der Waals surface area contributed by atoms with Gasteiger partial charge in [0.05, 0.1) is 5.69 Å². The molecule has 0 saturated heterocycles. The van der Waals surface area contributed by atoms with Crippen LogP contribution in [-0.2, 0) is 4.79 Å². The summed E-state index contributed by atoms with van der Waals surface area (Å²) in [6, 6.07) is 11.4. The highest BCUT2D eigenvalue weighted by Gasteiger charge is 2.30. The molecule has 0 unspecified atom stereocenters. The van der Waals surface area contributed by atoms with Gasteiger partial charge in [0, 0.05) is 16.7 Å². The van der Waals surface area contributed by atoms with Crippen LogP contribution in [0.5, 0.6) is 0 Å². The number of carbonyl (C=O) groups is 2. The Morgan fingerprint density at radius 2 is 1.83 bits per heavy atom. The number of nitrogens with zero attached hydrogens (tertiary/aromatic N) is 2. The van der Waals surface area contributed by atoms with Gasteiger partial charge in [-0.1, -0.05) is 30.7 Å². The van der Waals surface area contributed by atoms with Crippen molar-refractivity contribution in [3.8, 4) is 0 Å². The highest BCUT2D eigenvalue weighted by Crippen LogP contribution is 2.36. The van der Waals surface area contributed by atoms with E-state index in [9.17, 15) is 9.59 Å². The Hall–Kier alpha value is -2.69. The topological polar surface area (TPSA) is 61.8 Å². The van der Waals surface area contributed by atoms with Gasteiger partial charge >= 0.3 is 0 Å². The number of anilines is 1. The first-order valence-corrected chi connectivity index (χ1v) is 8.42. The van der Waals surface area contributed by atoms with Gasteiger partial charge in [-0.3, -0.25) is 14.5 Å². The Bertz CT molecular complexity index is 844. The molecule has 2 aromatic rings. The maximum Gasteiger partial charge on any atom is 0.260 e. The van der Waals surface area contributed by atoms with Gasteiger partial charge in [-0.2, -0.15) is 5.10 Å². The van der Waals surface area contributed by atoms with E-state index in [2.05, 4.69) is 10.5 Å². The molecule has 1 fully saturated rings. The Balaban J connectivity index is 1.52. The van der Waals surface area contributed by atoms with Crippen molar-refractivity contribution in [3.05, 3.63) is 42.0 Å². The molecule has 1 aliphatic heterocycles. The molecule has 1 heterocycles. The summed E-state index contributed by atoms with van der Waals surface area (Å²) < 4.78 is 0. The molecule has 0 spiro atoms. The molecule has 0 atom stereocenters. The van der Waals surface area contributed by atoms with E-state index in [4.69, 9.17) is 0 Å². The summed E-state index contributed by atoms with van der Waals surface area (Å²) >= 11 is 0. The Kier molecular flexibility index (Phi) is 3.76. The summed E-state index contributed by atoms with van der Waals surface area (Å²) in [7, 11) is 0. The third-order valence-electron chi connectivity index (χ3n) is 4.72. The minimum absolute atomic E-state index is 0.0105. The van der Waals surface area contributed by atoms with E-state index in [0.29, 0.717) is 5.56 Å². The van der Waals surface area contributed by atoms with E-state index < -0.39 is 0 Å². The van der Waals surface area contributed by atoms with Crippen molar-refractivity contribution in [3.63, 3.8) is 0 Å². The van der Waals surface area contributed by atoms with E-state index in [1.165, 1.54) is 11.3 Å². The lowest BCUT2D eigenvalue weighted by Crippen LogP contribution is -2.37. The number of benzene rings is 2. The lowest BCUT2D eigenvalue weighted by atomic mass is 9.99. The number of carbonyl (C=O) groups excluding carboxylic acids is 2. The van der Waals surface area contributed by atoms with Gasteiger partial charge in [-0.15, -0.1) is 0 Å². The van der Waals surface area contributed by atoms with Gasteiger partial charge in [0.1, 0.15) is 6.54 Å². The second-order valence-corrected chi connectivity index (χ2v) is 6.35. The van der Waals surface area contributed by atoms with Crippen LogP contribution in [-0.4, -0.2) is 24.1 Å². The first kappa shape index (κ1) is 14.9. The Morgan fingerprint density at radius 1 is 1.08 bits per heavy atom. The van der Waals surface area contributed by atoms with Crippen LogP contribution in [0.3, 0.4) is 0 Å². The van der Waals surface area contributed by atoms with Crippen LogP contribution in [0.25, 0.3) is 10.8 Å². The molecule has 2 amide bonds. The molecule has 24 heavy (non-hydrogen) atoms. The van der Waals surface area contributed by atoms with Crippen LogP contribution in [0.15, 0.2) is 41.5 Å². The van der Waals surface area contributed by atoms with E-state index in [0.717, 1.165) is 47.9 Å². The quantitative estimate of drug-likeness (QED) is 0.882. The third kappa shape index (κ3) is 2.56. The van der Waals surface area contributed by atoms with Crippen LogP contribution in [0.2, 0.25) is 0 Å². The van der Waals surface area contributed by atoms with Gasteiger partial charge in [0.2, 0.25) is 0 Å². The first-order chi connectivity index (χ1) is 11.7. The molecule has 4 rings (SSSR count). The van der Waals surface area contributed by atoms with Crippen molar-refractivity contribution in [1.29, 1.82) is 0 Å². The van der Waals surface area contributed by atoms with Crippen LogP contribution < -0.4 is 10.3 Å². The molecule has 0 radical (unpaired) electrons. The van der Waals surface area contributed by atoms with Crippen LogP contribution in [0.1, 0.15) is 42.5 Å². The van der Waals surface area contributed by atoms with Crippen LogP contribution >= 0.6 is 0 Å². The molecule has 2 aliphatic rings. The van der Waals surface area contributed by atoms with Gasteiger partial charge in [0.25, 0.3) is 11.8 Å². The lowest BCUT2D eigenvalue weighted by molar-refractivity contribution is -0.119. The summed E-state index contributed by atoms with van der Waals surface area (Å²) in [5.74, 6) is -0.381. The predicted octanol–water partition coefficient (Wildman–Crippen LogP) is 3.24. The standard InChI is InChI=1S/C19H19N3O2/c23-17(21-20-14-8-2-1-3-9-14)12-22-16-11-5-7-13-6-4-10-15(18(13)16)19(22)24/h4-7,10-11H,1-3,8-9,12H2,(H,21,23). The van der Waals surface area contributed by atoms with Gasteiger partial charge in [0.15, 0.2) is 0 Å². The molecule has 2 aromatic carbocycles. The largest absolute Gasteiger partial charge is 0.298 e. The van der Waals surface area contributed by atoms with Crippen molar-refractivity contribution in [2.45, 2.75) is 32.1 Å². The number of nitrogens with one attached hydrogen (secondary N) is 1. The molecule has 1 N–H and O–H groups in total. The molecule has 1 saturated carbocycles. The molecule has 1 aliphatic carbocycles. The zero-order valence-corrected chi connectivity index (χ0v) is 13.4. The molecule has 5 nitrogen and oxygen atoms in total. The second-order valence-electron chi connectivity index (χ2n) is 6.35. The highest BCUT2D eigenvalue weighted by atomic mass is 16.2. The number of hydrogen-bond donors (Lipinski definition) is 1. The molecule has 5 heteroatoms. The number of hydrogen-bond acceptors (Lipinski definition) is 3. The fourth-order valence-electron chi connectivity index (χ4n) is 3.53.